The van der Waals surface area contributed by atoms with Crippen molar-refractivity contribution in [2.24, 2.45) is 5.92 Å². The van der Waals surface area contributed by atoms with Crippen LogP contribution in [0, 0.1) is 5.92 Å². The van der Waals surface area contributed by atoms with Crippen LogP contribution in [0.2, 0.25) is 0 Å². The average Bonchev–Trinajstić information content (AvgIpc) is 3.11. The average molecular weight is 365 g/mol. The quantitative estimate of drug-likeness (QED) is 0.648. The maximum absolute atomic E-state index is 12.4. The van der Waals surface area contributed by atoms with Gasteiger partial charge in [-0.25, -0.2) is 4.98 Å². The van der Waals surface area contributed by atoms with Crippen molar-refractivity contribution in [2.75, 3.05) is 0 Å². The summed E-state index contributed by atoms with van der Waals surface area (Å²) >= 11 is 1.49. The smallest absolute Gasteiger partial charge is 0.307 e. The van der Waals surface area contributed by atoms with E-state index in [2.05, 4.69) is 4.98 Å². The van der Waals surface area contributed by atoms with Crippen molar-refractivity contribution in [3.05, 3.63) is 77.3 Å². The fraction of sp³-hybridized carbons (Fsp3) is 0.190. The Morgan fingerprint density at radius 1 is 1.00 bits per heavy atom. The Morgan fingerprint density at radius 2 is 1.65 bits per heavy atom. The summed E-state index contributed by atoms with van der Waals surface area (Å²) in [6.45, 7) is 0. The second kappa shape index (κ2) is 8.54. The SMILES string of the molecule is O=C(Cc1csc(-c2ccccc2)n1)C[C@@H](Cc1ccccc1)C(=O)O. The van der Waals surface area contributed by atoms with Crippen molar-refractivity contribution >= 4 is 23.1 Å². The molecule has 3 aromatic rings. The predicted molar refractivity (Wildman–Crippen MR) is 102 cm³/mol. The van der Waals surface area contributed by atoms with Gasteiger partial charge >= 0.3 is 5.97 Å². The molecule has 0 amide bonds. The fourth-order valence-corrected chi connectivity index (χ4v) is 3.62. The molecule has 0 saturated heterocycles. The Bertz CT molecular complexity index is 875. The number of hydrogen-bond acceptors (Lipinski definition) is 4. The first kappa shape index (κ1) is 18.0. The zero-order chi connectivity index (χ0) is 18.4. The molecule has 0 unspecified atom stereocenters. The van der Waals surface area contributed by atoms with Gasteiger partial charge in [-0.3, -0.25) is 9.59 Å². The zero-order valence-electron chi connectivity index (χ0n) is 14.2. The highest BCUT2D eigenvalue weighted by Crippen LogP contribution is 2.24. The summed E-state index contributed by atoms with van der Waals surface area (Å²) in [5.41, 5.74) is 2.64. The highest BCUT2D eigenvalue weighted by atomic mass is 32.1. The summed E-state index contributed by atoms with van der Waals surface area (Å²) in [5, 5.41) is 12.2. The van der Waals surface area contributed by atoms with Gasteiger partial charge < -0.3 is 5.11 Å². The number of ketones is 1. The molecule has 26 heavy (non-hydrogen) atoms. The van der Waals surface area contributed by atoms with Crippen LogP contribution in [0.4, 0.5) is 0 Å². The Kier molecular flexibility index (Phi) is 5.92. The molecule has 132 valence electrons. The van der Waals surface area contributed by atoms with E-state index in [1.807, 2.05) is 66.0 Å². The number of carboxylic acid groups (broad SMARTS) is 1. The van der Waals surface area contributed by atoms with Gasteiger partial charge in [0, 0.05) is 23.8 Å². The van der Waals surface area contributed by atoms with E-state index in [0.29, 0.717) is 12.1 Å². The molecule has 3 rings (SSSR count). The third-order valence-electron chi connectivity index (χ3n) is 4.10. The van der Waals surface area contributed by atoms with E-state index < -0.39 is 11.9 Å². The lowest BCUT2D eigenvalue weighted by Gasteiger charge is -2.11. The minimum atomic E-state index is -0.939. The normalized spacial score (nSPS) is 11.8. The molecule has 1 atom stereocenters. The lowest BCUT2D eigenvalue weighted by atomic mass is 9.93. The number of Topliss-reactive ketones (excluding diaryl/α,β-unsaturated/α-hetero) is 1. The number of aliphatic carboxylic acids is 1. The number of nitrogens with zero attached hydrogens (tertiary/aromatic N) is 1. The van der Waals surface area contributed by atoms with Crippen molar-refractivity contribution in [1.29, 1.82) is 0 Å². The minimum Gasteiger partial charge on any atom is -0.481 e. The molecule has 2 aromatic carbocycles. The number of aromatic nitrogens is 1. The Balaban J connectivity index is 1.62. The molecule has 1 aromatic heterocycles. The van der Waals surface area contributed by atoms with Gasteiger partial charge in [0.15, 0.2) is 0 Å². The number of hydrogen-bond donors (Lipinski definition) is 1. The number of carbonyl (C=O) groups is 2. The minimum absolute atomic E-state index is 0.0163. The monoisotopic (exact) mass is 365 g/mol. The van der Waals surface area contributed by atoms with Crippen LogP contribution >= 0.6 is 11.3 Å². The van der Waals surface area contributed by atoms with E-state index in [0.717, 1.165) is 16.1 Å². The van der Waals surface area contributed by atoms with Crippen LogP contribution < -0.4 is 0 Å². The largest absolute Gasteiger partial charge is 0.481 e. The van der Waals surface area contributed by atoms with Gasteiger partial charge in [-0.1, -0.05) is 60.7 Å². The van der Waals surface area contributed by atoms with Crippen LogP contribution in [0.5, 0.6) is 0 Å². The van der Waals surface area contributed by atoms with Crippen LogP contribution in [-0.4, -0.2) is 21.8 Å². The van der Waals surface area contributed by atoms with E-state index in [1.54, 1.807) is 0 Å². The lowest BCUT2D eigenvalue weighted by Crippen LogP contribution is -2.21. The Hall–Kier alpha value is -2.79. The van der Waals surface area contributed by atoms with Crippen molar-refractivity contribution < 1.29 is 14.7 Å². The maximum atomic E-state index is 12.4. The van der Waals surface area contributed by atoms with Crippen molar-refractivity contribution in [2.45, 2.75) is 19.3 Å². The highest BCUT2D eigenvalue weighted by molar-refractivity contribution is 7.13. The van der Waals surface area contributed by atoms with Gasteiger partial charge in [0.25, 0.3) is 0 Å². The molecule has 5 heteroatoms. The Labute approximate surface area is 156 Å². The molecule has 1 heterocycles. The molecule has 0 fully saturated rings. The van der Waals surface area contributed by atoms with Crippen LogP contribution in [0.25, 0.3) is 10.6 Å². The van der Waals surface area contributed by atoms with Crippen molar-refractivity contribution in [3.8, 4) is 10.6 Å². The first-order chi connectivity index (χ1) is 12.6. The van der Waals surface area contributed by atoms with Gasteiger partial charge in [-0.05, 0) is 12.0 Å². The summed E-state index contributed by atoms with van der Waals surface area (Å²) in [6.07, 6.45) is 0.540. The van der Waals surface area contributed by atoms with Crippen molar-refractivity contribution in [3.63, 3.8) is 0 Å². The van der Waals surface area contributed by atoms with Crippen LogP contribution in [0.3, 0.4) is 0 Å². The van der Waals surface area contributed by atoms with Gasteiger partial charge in [0.1, 0.15) is 10.8 Å². The summed E-state index contributed by atoms with van der Waals surface area (Å²) in [5.74, 6) is -1.75. The standard InChI is InChI=1S/C21H19NO3S/c23-19(12-17(21(24)25)11-15-7-3-1-4-8-15)13-18-14-26-20(22-18)16-9-5-2-6-10-16/h1-10,14,17H,11-13H2,(H,24,25)/t17-/m1/s1. The molecule has 0 spiro atoms. The van der Waals surface area contributed by atoms with E-state index in [-0.39, 0.29) is 18.6 Å². The Morgan fingerprint density at radius 3 is 2.31 bits per heavy atom. The van der Waals surface area contributed by atoms with Crippen LogP contribution in [-0.2, 0) is 22.4 Å². The topological polar surface area (TPSA) is 67.3 Å². The third kappa shape index (κ3) is 4.86. The predicted octanol–water partition coefficient (Wildman–Crippen LogP) is 4.26. The molecule has 0 aliphatic carbocycles. The van der Waals surface area contributed by atoms with Crippen LogP contribution in [0.15, 0.2) is 66.0 Å². The number of carbonyl (C=O) groups excluding carboxylic acids is 1. The number of thiazole rings is 1. The maximum Gasteiger partial charge on any atom is 0.307 e. The van der Waals surface area contributed by atoms with E-state index >= 15 is 0 Å². The summed E-state index contributed by atoms with van der Waals surface area (Å²) in [4.78, 5) is 28.4. The second-order valence-electron chi connectivity index (χ2n) is 6.15. The third-order valence-corrected chi connectivity index (χ3v) is 5.04. The first-order valence-corrected chi connectivity index (χ1v) is 9.28. The molecule has 1 N–H and O–H groups in total. The summed E-state index contributed by atoms with van der Waals surface area (Å²) in [6, 6.07) is 19.2. The van der Waals surface area contributed by atoms with E-state index in [1.165, 1.54) is 11.3 Å². The molecular formula is C21H19NO3S. The molecule has 0 radical (unpaired) electrons. The number of rotatable bonds is 8. The number of benzene rings is 2. The van der Waals surface area contributed by atoms with Gasteiger partial charge in [0.2, 0.25) is 0 Å². The molecule has 0 aliphatic heterocycles. The van der Waals surface area contributed by atoms with E-state index in [9.17, 15) is 14.7 Å². The van der Waals surface area contributed by atoms with Crippen molar-refractivity contribution in [1.82, 2.24) is 4.98 Å². The van der Waals surface area contributed by atoms with Gasteiger partial charge in [-0.15, -0.1) is 11.3 Å². The first-order valence-electron chi connectivity index (χ1n) is 8.40. The fourth-order valence-electron chi connectivity index (χ4n) is 2.80. The molecular weight excluding hydrogens is 346 g/mol. The molecule has 0 saturated carbocycles. The second-order valence-corrected chi connectivity index (χ2v) is 7.01. The zero-order valence-corrected chi connectivity index (χ0v) is 15.0. The molecule has 4 nitrogen and oxygen atoms in total. The highest BCUT2D eigenvalue weighted by Gasteiger charge is 2.22. The lowest BCUT2D eigenvalue weighted by molar-refractivity contribution is -0.143. The summed E-state index contributed by atoms with van der Waals surface area (Å²) < 4.78 is 0. The van der Waals surface area contributed by atoms with Gasteiger partial charge in [-0.2, -0.15) is 0 Å². The number of carboxylic acids is 1. The van der Waals surface area contributed by atoms with Gasteiger partial charge in [0.05, 0.1) is 11.6 Å². The van der Waals surface area contributed by atoms with Crippen LogP contribution in [0.1, 0.15) is 17.7 Å². The molecule has 0 aliphatic rings. The summed E-state index contributed by atoms with van der Waals surface area (Å²) in [7, 11) is 0. The van der Waals surface area contributed by atoms with E-state index in [4.69, 9.17) is 0 Å². The molecule has 0 bridgehead atoms.